The predicted molar refractivity (Wildman–Crippen MR) is 158 cm³/mol. The van der Waals surface area contributed by atoms with Crippen molar-refractivity contribution >= 4 is 28.4 Å². The number of imidazole rings is 1. The summed E-state index contributed by atoms with van der Waals surface area (Å²) in [6, 6.07) is 6.63. The Morgan fingerprint density at radius 2 is 1.91 bits per heavy atom. The van der Waals surface area contributed by atoms with Crippen LogP contribution in [0.1, 0.15) is 46.2 Å². The number of ether oxygens (including phenoxy) is 1. The number of halogens is 4. The second-order valence-corrected chi connectivity index (χ2v) is 10.8. The highest BCUT2D eigenvalue weighted by molar-refractivity contribution is 6.06. The number of fused-ring (bicyclic) bond motifs is 1. The molecule has 45 heavy (non-hydrogen) atoms. The van der Waals surface area contributed by atoms with Crippen LogP contribution in [-0.4, -0.2) is 60.7 Å². The second kappa shape index (κ2) is 11.8. The quantitative estimate of drug-likeness (QED) is 0.206. The van der Waals surface area contributed by atoms with Crippen molar-refractivity contribution in [3.8, 4) is 17.0 Å². The van der Waals surface area contributed by atoms with Crippen LogP contribution in [0.2, 0.25) is 0 Å². The molecular formula is C30H29F4N9O2. The summed E-state index contributed by atoms with van der Waals surface area (Å²) in [5.74, 6) is -1.77. The molecule has 6 rings (SSSR count). The molecule has 0 aliphatic carbocycles. The lowest BCUT2D eigenvalue weighted by Crippen LogP contribution is -2.34. The smallest absolute Gasteiger partial charge is 0.416 e. The fourth-order valence-electron chi connectivity index (χ4n) is 5.54. The highest BCUT2D eigenvalue weighted by Gasteiger charge is 2.32. The summed E-state index contributed by atoms with van der Waals surface area (Å²) in [6.45, 7) is 4.45. The van der Waals surface area contributed by atoms with E-state index in [0.29, 0.717) is 28.4 Å². The van der Waals surface area contributed by atoms with Crippen molar-refractivity contribution in [2.24, 2.45) is 0 Å². The van der Waals surface area contributed by atoms with Crippen molar-refractivity contribution in [1.29, 1.82) is 0 Å². The largest absolute Gasteiger partial charge is 0.495 e. The third-order valence-corrected chi connectivity index (χ3v) is 7.99. The molecule has 3 aromatic heterocycles. The number of carbonyl (C=O) groups excluding carboxylic acids is 1. The van der Waals surface area contributed by atoms with Crippen LogP contribution in [0, 0.1) is 12.7 Å². The van der Waals surface area contributed by atoms with Gasteiger partial charge < -0.3 is 20.8 Å². The minimum atomic E-state index is -4.74. The Bertz CT molecular complexity index is 1880. The van der Waals surface area contributed by atoms with Crippen molar-refractivity contribution < 1.29 is 27.1 Å². The number of nitrogens with zero attached hydrogens (tertiary/aromatic N) is 6. The molecule has 0 radical (unpaired) electrons. The van der Waals surface area contributed by atoms with Crippen molar-refractivity contribution in [2.45, 2.75) is 38.5 Å². The molecule has 0 unspecified atom stereocenters. The molecule has 1 aliphatic heterocycles. The van der Waals surface area contributed by atoms with Crippen molar-refractivity contribution in [1.82, 2.24) is 34.6 Å². The lowest BCUT2D eigenvalue weighted by molar-refractivity contribution is -0.137. The Labute approximate surface area is 254 Å². The van der Waals surface area contributed by atoms with Crippen LogP contribution >= 0.6 is 0 Å². The molecule has 4 heterocycles. The van der Waals surface area contributed by atoms with Crippen LogP contribution in [0.4, 0.5) is 29.1 Å². The number of piperidine rings is 1. The van der Waals surface area contributed by atoms with E-state index in [1.165, 1.54) is 19.5 Å². The lowest BCUT2D eigenvalue weighted by Gasteiger charge is -2.31. The number of aryl methyl sites for hydroxylation is 1. The average molecular weight is 624 g/mol. The molecule has 0 spiro atoms. The van der Waals surface area contributed by atoms with Gasteiger partial charge in [0.05, 0.1) is 47.4 Å². The topological polar surface area (TPSA) is 140 Å². The highest BCUT2D eigenvalue weighted by Crippen LogP contribution is 2.38. The van der Waals surface area contributed by atoms with Crippen LogP contribution in [0.25, 0.3) is 22.3 Å². The number of amides is 1. The van der Waals surface area contributed by atoms with Crippen LogP contribution in [0.3, 0.4) is 0 Å². The molecule has 234 valence electrons. The summed E-state index contributed by atoms with van der Waals surface area (Å²) < 4.78 is 60.6. The van der Waals surface area contributed by atoms with Crippen LogP contribution in [0.5, 0.6) is 5.75 Å². The number of methoxy groups -OCH3 is 1. The molecule has 11 nitrogen and oxygen atoms in total. The van der Waals surface area contributed by atoms with Crippen LogP contribution < -0.4 is 15.8 Å². The van der Waals surface area contributed by atoms with Gasteiger partial charge in [-0.25, -0.2) is 24.0 Å². The molecule has 1 saturated heterocycles. The van der Waals surface area contributed by atoms with E-state index in [1.54, 1.807) is 18.5 Å². The summed E-state index contributed by atoms with van der Waals surface area (Å²) in [5, 5.41) is 8.01. The number of alkyl halides is 3. The maximum Gasteiger partial charge on any atom is 0.416 e. The van der Waals surface area contributed by atoms with E-state index in [2.05, 4.69) is 30.2 Å². The van der Waals surface area contributed by atoms with Gasteiger partial charge in [0.25, 0.3) is 5.91 Å². The number of aromatic nitrogens is 6. The number of anilines is 2. The van der Waals surface area contributed by atoms with Crippen molar-refractivity contribution in [2.75, 3.05) is 31.2 Å². The van der Waals surface area contributed by atoms with E-state index in [0.717, 1.165) is 49.9 Å². The van der Waals surface area contributed by atoms with Gasteiger partial charge in [0.2, 0.25) is 0 Å². The normalized spacial score (nSPS) is 14.6. The molecule has 15 heteroatoms. The number of nitrogen functional groups attached to an aromatic ring is 1. The number of likely N-dealkylation sites (tertiary alicyclic amines) is 1. The monoisotopic (exact) mass is 623 g/mol. The number of aromatic amines is 1. The van der Waals surface area contributed by atoms with Gasteiger partial charge in [-0.1, -0.05) is 6.07 Å². The van der Waals surface area contributed by atoms with E-state index >= 15 is 0 Å². The molecule has 0 saturated carbocycles. The Morgan fingerprint density at radius 3 is 2.58 bits per heavy atom. The van der Waals surface area contributed by atoms with Crippen LogP contribution in [0.15, 0.2) is 49.1 Å². The summed E-state index contributed by atoms with van der Waals surface area (Å²) in [7, 11) is 1.39. The lowest BCUT2D eigenvalue weighted by atomic mass is 10.0. The first-order valence-corrected chi connectivity index (χ1v) is 14.1. The third-order valence-electron chi connectivity index (χ3n) is 7.99. The Kier molecular flexibility index (Phi) is 7.87. The van der Waals surface area contributed by atoms with Gasteiger partial charge in [-0.3, -0.25) is 9.69 Å². The molecule has 5 aromatic rings. The van der Waals surface area contributed by atoms with E-state index < -0.39 is 29.0 Å². The Balaban J connectivity index is 1.26. The second-order valence-electron chi connectivity index (χ2n) is 10.8. The number of carbonyl (C=O) groups is 1. The minimum absolute atomic E-state index is 0.0613. The predicted octanol–water partition coefficient (Wildman–Crippen LogP) is 5.36. The van der Waals surface area contributed by atoms with E-state index in [-0.39, 0.29) is 29.4 Å². The summed E-state index contributed by atoms with van der Waals surface area (Å²) in [4.78, 5) is 31.4. The third kappa shape index (κ3) is 5.90. The number of nitrogens with two attached hydrogens (primary N) is 1. The standard InChI is InChI=1S/C30H29F4N9O2/c1-16-23(37-14-36-16)13-42-9-7-19(8-10-42)43-28-25(27(35)38-15-39-28)26(41-43)17-3-6-22(24(11-17)45-2)40-29(44)20-5-4-18(12-21(20)31)30(32,33)34/h3-6,11-12,14-15,19H,7-10,13H2,1-2H3,(H,36,37)(H,40,44)(H2,35,38,39). The van der Waals surface area contributed by atoms with Gasteiger partial charge in [-0.05, 0) is 50.1 Å². The van der Waals surface area contributed by atoms with Gasteiger partial charge in [0.15, 0.2) is 5.65 Å². The zero-order valence-electron chi connectivity index (χ0n) is 24.3. The molecule has 0 bridgehead atoms. The van der Waals surface area contributed by atoms with Crippen molar-refractivity contribution in [3.63, 3.8) is 0 Å². The Morgan fingerprint density at radius 1 is 1.13 bits per heavy atom. The van der Waals surface area contributed by atoms with E-state index in [4.69, 9.17) is 15.6 Å². The number of nitrogens with one attached hydrogen (secondary N) is 2. The maximum atomic E-state index is 14.4. The van der Waals surface area contributed by atoms with Crippen molar-refractivity contribution in [3.05, 3.63) is 77.4 Å². The molecule has 0 atom stereocenters. The molecule has 1 fully saturated rings. The number of benzene rings is 2. The molecular weight excluding hydrogens is 594 g/mol. The fourth-order valence-corrected chi connectivity index (χ4v) is 5.54. The van der Waals surface area contributed by atoms with Gasteiger partial charge in [-0.15, -0.1) is 0 Å². The fraction of sp³-hybridized carbons (Fsp3) is 0.300. The number of hydrogen-bond donors (Lipinski definition) is 3. The molecule has 4 N–H and O–H groups in total. The van der Waals surface area contributed by atoms with Gasteiger partial charge >= 0.3 is 6.18 Å². The molecule has 2 aromatic carbocycles. The molecule has 1 amide bonds. The maximum absolute atomic E-state index is 14.4. The first-order valence-electron chi connectivity index (χ1n) is 14.1. The average Bonchev–Trinajstić information content (AvgIpc) is 3.61. The van der Waals surface area contributed by atoms with E-state index in [1.807, 2.05) is 11.6 Å². The summed E-state index contributed by atoms with van der Waals surface area (Å²) in [5.41, 5.74) is 8.54. The van der Waals surface area contributed by atoms with E-state index in [9.17, 15) is 22.4 Å². The summed E-state index contributed by atoms with van der Waals surface area (Å²) >= 11 is 0. The van der Waals surface area contributed by atoms with Gasteiger partial charge in [-0.2, -0.15) is 18.3 Å². The highest BCUT2D eigenvalue weighted by atomic mass is 19.4. The minimum Gasteiger partial charge on any atom is -0.495 e. The Hall–Kier alpha value is -5.05. The first kappa shape index (κ1) is 30.0. The zero-order chi connectivity index (χ0) is 31.9. The summed E-state index contributed by atoms with van der Waals surface area (Å²) in [6.07, 6.45) is 0.0243. The molecule has 1 aliphatic rings. The van der Waals surface area contributed by atoms with Gasteiger partial charge in [0.1, 0.15) is 29.4 Å². The van der Waals surface area contributed by atoms with Crippen LogP contribution in [-0.2, 0) is 12.7 Å². The first-order chi connectivity index (χ1) is 21.5. The van der Waals surface area contributed by atoms with Gasteiger partial charge in [0, 0.05) is 30.9 Å². The zero-order valence-corrected chi connectivity index (χ0v) is 24.3. The number of hydrogen-bond acceptors (Lipinski definition) is 8. The SMILES string of the molecule is COc1cc(-c2nn(C3CCN(Cc4nc[nH]c4C)CC3)c3ncnc(N)c23)ccc1NC(=O)c1ccc(C(F)(F)F)cc1F. The number of rotatable bonds is 7. The number of H-pyrrole nitrogens is 1.